The Labute approximate surface area is 100 Å². The second kappa shape index (κ2) is 2.27. The molecule has 0 aliphatic heterocycles. The molecule has 0 amide bonds. The second-order valence-electron chi connectivity index (χ2n) is 8.66. The van der Waals surface area contributed by atoms with Crippen LogP contribution in [-0.2, 0) is 0 Å². The Balaban J connectivity index is 1.47. The maximum Gasteiger partial charge on any atom is -0.0224 e. The molecule has 0 unspecified atom stereocenters. The standard InChI is InChI=1S/C16H26/c1-11(2)13-5-15(6-13,7-13)16-8-14(9-16,10-16)12(3)4/h11-12H,5-10H2,1-4H3. The third-order valence-corrected chi connectivity index (χ3v) is 7.72. The van der Waals surface area contributed by atoms with Crippen molar-refractivity contribution in [3.8, 4) is 0 Å². The molecule has 0 heteroatoms. The molecule has 6 aliphatic carbocycles. The van der Waals surface area contributed by atoms with Gasteiger partial charge in [0.05, 0.1) is 0 Å². The summed E-state index contributed by atoms with van der Waals surface area (Å²) in [6, 6.07) is 0. The first-order chi connectivity index (χ1) is 7.38. The molecule has 0 spiro atoms. The Morgan fingerprint density at radius 1 is 0.562 bits per heavy atom. The van der Waals surface area contributed by atoms with Gasteiger partial charge in [-0.3, -0.25) is 0 Å². The van der Waals surface area contributed by atoms with Crippen LogP contribution in [0.25, 0.3) is 0 Å². The van der Waals surface area contributed by atoms with Crippen LogP contribution in [0, 0.1) is 33.5 Å². The first kappa shape index (κ1) is 9.97. The molecule has 0 heterocycles. The summed E-state index contributed by atoms with van der Waals surface area (Å²) in [5, 5.41) is 0. The molecule has 0 aromatic rings. The van der Waals surface area contributed by atoms with E-state index in [2.05, 4.69) is 27.7 Å². The van der Waals surface area contributed by atoms with Crippen molar-refractivity contribution in [1.82, 2.24) is 0 Å². The fraction of sp³-hybridized carbons (Fsp3) is 1.00. The Morgan fingerprint density at radius 3 is 1.00 bits per heavy atom. The first-order valence-electron chi connectivity index (χ1n) is 7.38. The predicted molar refractivity (Wildman–Crippen MR) is 67.1 cm³/mol. The summed E-state index contributed by atoms with van der Waals surface area (Å²) in [6.45, 7) is 9.78. The second-order valence-corrected chi connectivity index (χ2v) is 8.66. The zero-order chi connectivity index (χ0) is 11.4. The summed E-state index contributed by atoms with van der Waals surface area (Å²) >= 11 is 0. The molecule has 0 nitrogen and oxygen atoms in total. The zero-order valence-electron chi connectivity index (χ0n) is 11.4. The Kier molecular flexibility index (Phi) is 1.41. The van der Waals surface area contributed by atoms with E-state index in [0.717, 1.165) is 33.5 Å². The average molecular weight is 218 g/mol. The molecule has 0 atom stereocenters. The van der Waals surface area contributed by atoms with Crippen LogP contribution in [0.4, 0.5) is 0 Å². The lowest BCUT2D eigenvalue weighted by molar-refractivity contribution is -0.399. The van der Waals surface area contributed by atoms with Gasteiger partial charge < -0.3 is 0 Å². The SMILES string of the molecule is CC(C)C12CC(C34CC(C(C)C)(C3)C4)(C1)C2. The molecule has 6 saturated carbocycles. The average Bonchev–Trinajstić information content (AvgIpc) is 1.82. The van der Waals surface area contributed by atoms with Crippen molar-refractivity contribution in [2.45, 2.75) is 66.2 Å². The van der Waals surface area contributed by atoms with E-state index < -0.39 is 0 Å². The molecular weight excluding hydrogens is 192 g/mol. The van der Waals surface area contributed by atoms with E-state index in [1.165, 1.54) is 0 Å². The van der Waals surface area contributed by atoms with E-state index in [4.69, 9.17) is 0 Å². The van der Waals surface area contributed by atoms with Crippen molar-refractivity contribution >= 4 is 0 Å². The molecule has 6 aliphatic rings. The van der Waals surface area contributed by atoms with Gasteiger partial charge in [0, 0.05) is 0 Å². The molecule has 0 aromatic heterocycles. The van der Waals surface area contributed by atoms with Gasteiger partial charge in [0.15, 0.2) is 0 Å². The molecule has 6 fully saturated rings. The van der Waals surface area contributed by atoms with Gasteiger partial charge in [0.25, 0.3) is 0 Å². The number of hydrogen-bond acceptors (Lipinski definition) is 0. The lowest BCUT2D eigenvalue weighted by Gasteiger charge is -2.89. The molecular formula is C16H26. The van der Waals surface area contributed by atoms with Crippen LogP contribution < -0.4 is 0 Å². The van der Waals surface area contributed by atoms with Gasteiger partial charge in [0.1, 0.15) is 0 Å². The van der Waals surface area contributed by atoms with Crippen molar-refractivity contribution in [1.29, 1.82) is 0 Å². The minimum absolute atomic E-state index is 0.820. The fourth-order valence-electron chi connectivity index (χ4n) is 6.08. The molecule has 6 rings (SSSR count). The minimum atomic E-state index is 0.820. The van der Waals surface area contributed by atoms with Crippen molar-refractivity contribution in [2.75, 3.05) is 0 Å². The summed E-state index contributed by atoms with van der Waals surface area (Å²) in [5.41, 5.74) is 3.38. The monoisotopic (exact) mass is 218 g/mol. The van der Waals surface area contributed by atoms with Gasteiger partial charge in [-0.15, -0.1) is 0 Å². The highest BCUT2D eigenvalue weighted by Gasteiger charge is 2.84. The van der Waals surface area contributed by atoms with Gasteiger partial charge in [-0.05, 0) is 72.0 Å². The first-order valence-corrected chi connectivity index (χ1v) is 7.38. The summed E-state index contributed by atoms with van der Waals surface area (Å²) in [4.78, 5) is 0. The third-order valence-electron chi connectivity index (χ3n) is 7.72. The maximum atomic E-state index is 2.45. The Bertz CT molecular complexity index is 285. The third kappa shape index (κ3) is 0.728. The van der Waals surface area contributed by atoms with E-state index >= 15 is 0 Å². The topological polar surface area (TPSA) is 0 Å². The summed E-state index contributed by atoms with van der Waals surface area (Å²) in [5.74, 6) is 1.89. The Hall–Kier alpha value is 0. The molecule has 0 aromatic carbocycles. The van der Waals surface area contributed by atoms with E-state index in [0.29, 0.717) is 0 Å². The normalized spacial score (nSPS) is 61.1. The van der Waals surface area contributed by atoms with Crippen LogP contribution in [0.5, 0.6) is 0 Å². The summed E-state index contributed by atoms with van der Waals surface area (Å²) < 4.78 is 0. The molecule has 4 bridgehead atoms. The quantitative estimate of drug-likeness (QED) is 0.647. The fourth-order valence-corrected chi connectivity index (χ4v) is 6.08. The Morgan fingerprint density at radius 2 is 0.812 bits per heavy atom. The predicted octanol–water partition coefficient (Wildman–Crippen LogP) is 4.64. The zero-order valence-corrected chi connectivity index (χ0v) is 11.4. The minimum Gasteiger partial charge on any atom is -0.0622 e. The highest BCUT2D eigenvalue weighted by atomic mass is 14.9. The van der Waals surface area contributed by atoms with Gasteiger partial charge in [0.2, 0.25) is 0 Å². The number of rotatable bonds is 3. The van der Waals surface area contributed by atoms with Crippen molar-refractivity contribution in [2.24, 2.45) is 33.5 Å². The molecule has 0 saturated heterocycles. The van der Waals surface area contributed by atoms with Gasteiger partial charge in [-0.1, -0.05) is 27.7 Å². The van der Waals surface area contributed by atoms with Crippen molar-refractivity contribution in [3.05, 3.63) is 0 Å². The number of hydrogen-bond donors (Lipinski definition) is 0. The van der Waals surface area contributed by atoms with Crippen LogP contribution in [0.1, 0.15) is 66.2 Å². The summed E-state index contributed by atoms with van der Waals surface area (Å²) in [7, 11) is 0. The molecule has 0 N–H and O–H groups in total. The molecule has 16 heavy (non-hydrogen) atoms. The van der Waals surface area contributed by atoms with Crippen LogP contribution in [0.2, 0.25) is 0 Å². The molecule has 90 valence electrons. The van der Waals surface area contributed by atoms with Crippen LogP contribution in [0.15, 0.2) is 0 Å². The van der Waals surface area contributed by atoms with E-state index in [1.54, 1.807) is 38.5 Å². The molecule has 0 radical (unpaired) electrons. The highest BCUT2D eigenvalue weighted by Crippen LogP contribution is 2.93. The lowest BCUT2D eigenvalue weighted by Crippen LogP contribution is -2.80. The van der Waals surface area contributed by atoms with Gasteiger partial charge in [-0.2, -0.15) is 0 Å². The van der Waals surface area contributed by atoms with Crippen LogP contribution >= 0.6 is 0 Å². The van der Waals surface area contributed by atoms with E-state index in [9.17, 15) is 0 Å². The van der Waals surface area contributed by atoms with Crippen molar-refractivity contribution < 1.29 is 0 Å². The summed E-state index contributed by atoms with van der Waals surface area (Å²) in [6.07, 6.45) is 9.62. The van der Waals surface area contributed by atoms with Crippen molar-refractivity contribution in [3.63, 3.8) is 0 Å². The van der Waals surface area contributed by atoms with Crippen LogP contribution in [0.3, 0.4) is 0 Å². The van der Waals surface area contributed by atoms with Gasteiger partial charge >= 0.3 is 0 Å². The van der Waals surface area contributed by atoms with E-state index in [1.807, 2.05) is 0 Å². The van der Waals surface area contributed by atoms with Gasteiger partial charge in [-0.25, -0.2) is 0 Å². The largest absolute Gasteiger partial charge is 0.0622 e. The highest BCUT2D eigenvalue weighted by molar-refractivity contribution is 5.33. The lowest BCUT2D eigenvalue weighted by atomic mass is 9.15. The van der Waals surface area contributed by atoms with E-state index in [-0.39, 0.29) is 0 Å². The maximum absolute atomic E-state index is 2.45. The smallest absolute Gasteiger partial charge is 0.0224 e. The van der Waals surface area contributed by atoms with Crippen LogP contribution in [-0.4, -0.2) is 0 Å².